The molecule has 1 unspecified atom stereocenters. The van der Waals surface area contributed by atoms with Crippen LogP contribution in [0, 0.1) is 0 Å². The molecule has 0 aromatic heterocycles. The third-order valence-electron chi connectivity index (χ3n) is 6.56. The number of hydrogen-bond donors (Lipinski definition) is 1. The molecule has 1 saturated heterocycles. The van der Waals surface area contributed by atoms with Crippen molar-refractivity contribution in [2.45, 2.75) is 84.0 Å². The van der Waals surface area contributed by atoms with Crippen molar-refractivity contribution in [1.29, 1.82) is 0 Å². The summed E-state index contributed by atoms with van der Waals surface area (Å²) in [6.45, 7) is 4.62. The lowest BCUT2D eigenvalue weighted by Crippen LogP contribution is -2.48. The number of ether oxygens (including phenoxy) is 2. The number of carbonyl (C=O) groups excluding carboxylic acids is 3. The van der Waals surface area contributed by atoms with Gasteiger partial charge in [0, 0.05) is 31.5 Å². The van der Waals surface area contributed by atoms with Crippen LogP contribution in [0.3, 0.4) is 0 Å². The molecule has 1 atom stereocenters. The molecule has 9 heteroatoms. The van der Waals surface area contributed by atoms with Gasteiger partial charge in [0.2, 0.25) is 17.8 Å². The first kappa shape index (κ1) is 24.0. The quantitative estimate of drug-likeness (QED) is 0.338. The summed E-state index contributed by atoms with van der Waals surface area (Å²) < 4.78 is 11.3. The number of benzene rings is 1. The fraction of sp³-hybridized carbons (Fsp3) is 0.600. The summed E-state index contributed by atoms with van der Waals surface area (Å²) in [7, 11) is 0. The first-order valence-electron chi connectivity index (χ1n) is 12.3. The molecule has 2 amide bonds. The van der Waals surface area contributed by atoms with E-state index in [-0.39, 0.29) is 23.8 Å². The van der Waals surface area contributed by atoms with Crippen molar-refractivity contribution in [3.05, 3.63) is 23.8 Å². The van der Waals surface area contributed by atoms with Gasteiger partial charge in [0.25, 0.3) is 0 Å². The molecule has 2 heterocycles. The van der Waals surface area contributed by atoms with E-state index in [9.17, 15) is 14.4 Å². The molecule has 1 saturated carbocycles. The first-order valence-corrected chi connectivity index (χ1v) is 12.3. The van der Waals surface area contributed by atoms with Gasteiger partial charge in [-0.25, -0.2) is 4.99 Å². The number of nitrogens with zero attached hydrogens (tertiary/aromatic N) is 3. The average molecular weight is 471 g/mol. The molecule has 1 aromatic carbocycles. The van der Waals surface area contributed by atoms with Crippen LogP contribution >= 0.6 is 0 Å². The Morgan fingerprint density at radius 1 is 1.21 bits per heavy atom. The summed E-state index contributed by atoms with van der Waals surface area (Å²) in [5.74, 6) is 1.00. The molecular weight excluding hydrogens is 436 g/mol. The van der Waals surface area contributed by atoms with Crippen molar-refractivity contribution in [1.82, 2.24) is 15.1 Å². The summed E-state index contributed by atoms with van der Waals surface area (Å²) in [4.78, 5) is 44.3. The second-order valence-corrected chi connectivity index (χ2v) is 9.24. The number of nitrogens with one attached hydrogen (secondary N) is 1. The van der Waals surface area contributed by atoms with Crippen molar-refractivity contribution in [3.63, 3.8) is 0 Å². The number of fused-ring (bicyclic) bond motifs is 2. The normalized spacial score (nSPS) is 18.4. The van der Waals surface area contributed by atoms with Crippen LogP contribution in [0.25, 0.3) is 0 Å². The minimum absolute atomic E-state index is 0.0388. The van der Waals surface area contributed by atoms with Crippen LogP contribution in [0.4, 0.5) is 5.69 Å². The van der Waals surface area contributed by atoms with Crippen LogP contribution in [0.1, 0.15) is 70.8 Å². The van der Waals surface area contributed by atoms with E-state index in [1.807, 2.05) is 23.1 Å². The van der Waals surface area contributed by atoms with E-state index in [1.54, 1.807) is 11.8 Å². The van der Waals surface area contributed by atoms with Crippen molar-refractivity contribution >= 4 is 29.4 Å². The Hall–Kier alpha value is -3.10. The zero-order valence-corrected chi connectivity index (χ0v) is 20.0. The summed E-state index contributed by atoms with van der Waals surface area (Å²) in [6.07, 6.45) is 6.65. The summed E-state index contributed by atoms with van der Waals surface area (Å²) in [6, 6.07) is 5.90. The van der Waals surface area contributed by atoms with Gasteiger partial charge >= 0.3 is 5.97 Å². The van der Waals surface area contributed by atoms with E-state index in [0.29, 0.717) is 38.5 Å². The molecule has 2 fully saturated rings. The standard InChI is InChI=1S/C25H34N4O5/c1-17(34-18(2)30)29(20-8-4-3-5-9-20)24(32)10-6-7-13-33-21-11-12-22-19(14-21)15-28-16-23(31)27-25(28)26-22/h11-12,14,17,20H,3-10,13,15-16H2,1-2H3,(H,26,27,31). The van der Waals surface area contributed by atoms with E-state index in [0.717, 1.165) is 49.1 Å². The van der Waals surface area contributed by atoms with Gasteiger partial charge in [-0.2, -0.15) is 0 Å². The SMILES string of the molecule is CC(=O)OC(C)N(C(=O)CCCCOc1ccc2c(c1)CN1CC(=O)NC1=N2)C1CCCCC1. The topological polar surface area (TPSA) is 101 Å². The van der Waals surface area contributed by atoms with Crippen LogP contribution < -0.4 is 10.1 Å². The Labute approximate surface area is 200 Å². The third-order valence-corrected chi connectivity index (χ3v) is 6.56. The monoisotopic (exact) mass is 470 g/mol. The molecule has 0 bridgehead atoms. The molecule has 0 spiro atoms. The highest BCUT2D eigenvalue weighted by atomic mass is 16.6. The molecule has 0 radical (unpaired) electrons. The maximum Gasteiger partial charge on any atom is 0.304 e. The second kappa shape index (κ2) is 10.9. The Bertz CT molecular complexity index is 957. The van der Waals surface area contributed by atoms with E-state index < -0.39 is 6.23 Å². The fourth-order valence-electron chi connectivity index (χ4n) is 4.98. The minimum Gasteiger partial charge on any atom is -0.494 e. The molecule has 4 rings (SSSR count). The number of carbonyl (C=O) groups is 3. The molecule has 1 aliphatic carbocycles. The van der Waals surface area contributed by atoms with Crippen molar-refractivity contribution in [3.8, 4) is 5.75 Å². The predicted molar refractivity (Wildman–Crippen MR) is 126 cm³/mol. The molecule has 3 aliphatic rings. The second-order valence-electron chi connectivity index (χ2n) is 9.24. The third kappa shape index (κ3) is 5.87. The molecule has 184 valence electrons. The number of amides is 2. The number of guanidine groups is 1. The van der Waals surface area contributed by atoms with Crippen LogP contribution in [-0.2, 0) is 25.7 Å². The minimum atomic E-state index is -0.538. The Kier molecular flexibility index (Phi) is 7.70. The van der Waals surface area contributed by atoms with Crippen molar-refractivity contribution in [2.75, 3.05) is 13.2 Å². The highest BCUT2D eigenvalue weighted by Crippen LogP contribution is 2.30. The number of unbranched alkanes of at least 4 members (excludes halogenated alkanes) is 1. The van der Waals surface area contributed by atoms with Crippen molar-refractivity contribution < 1.29 is 23.9 Å². The Balaban J connectivity index is 1.24. The van der Waals surface area contributed by atoms with Crippen LogP contribution in [0.15, 0.2) is 23.2 Å². The molecule has 34 heavy (non-hydrogen) atoms. The maximum absolute atomic E-state index is 13.0. The number of hydrogen-bond acceptors (Lipinski definition) is 7. The zero-order chi connectivity index (χ0) is 24.1. The van der Waals surface area contributed by atoms with Gasteiger partial charge in [0.1, 0.15) is 12.3 Å². The lowest BCUT2D eigenvalue weighted by Gasteiger charge is -2.38. The summed E-state index contributed by atoms with van der Waals surface area (Å²) >= 11 is 0. The van der Waals surface area contributed by atoms with Gasteiger partial charge < -0.3 is 19.3 Å². The van der Waals surface area contributed by atoms with Gasteiger partial charge in [0.05, 0.1) is 12.3 Å². The Morgan fingerprint density at radius 3 is 2.76 bits per heavy atom. The van der Waals surface area contributed by atoms with Crippen molar-refractivity contribution in [2.24, 2.45) is 4.99 Å². The van der Waals surface area contributed by atoms with E-state index in [4.69, 9.17) is 9.47 Å². The highest BCUT2D eigenvalue weighted by Gasteiger charge is 2.31. The first-order chi connectivity index (χ1) is 16.4. The zero-order valence-electron chi connectivity index (χ0n) is 20.0. The average Bonchev–Trinajstić information content (AvgIpc) is 3.16. The summed E-state index contributed by atoms with van der Waals surface area (Å²) in [5.41, 5.74) is 1.87. The maximum atomic E-state index is 13.0. The fourth-order valence-corrected chi connectivity index (χ4v) is 4.98. The molecule has 2 aliphatic heterocycles. The number of aliphatic imine (C=N–C) groups is 1. The van der Waals surface area contributed by atoms with E-state index >= 15 is 0 Å². The predicted octanol–water partition coefficient (Wildman–Crippen LogP) is 3.24. The lowest BCUT2D eigenvalue weighted by atomic mass is 9.93. The van der Waals surface area contributed by atoms with E-state index in [2.05, 4.69) is 10.3 Å². The van der Waals surface area contributed by atoms with Crippen LogP contribution in [0.2, 0.25) is 0 Å². The molecule has 1 N–H and O–H groups in total. The number of rotatable bonds is 9. The largest absolute Gasteiger partial charge is 0.494 e. The highest BCUT2D eigenvalue weighted by molar-refractivity contribution is 6.05. The van der Waals surface area contributed by atoms with Gasteiger partial charge in [-0.3, -0.25) is 19.7 Å². The smallest absolute Gasteiger partial charge is 0.304 e. The summed E-state index contributed by atoms with van der Waals surface area (Å²) in [5, 5.41) is 2.76. The number of esters is 1. The molecule has 1 aromatic rings. The molecular formula is C25H34N4O5. The van der Waals surface area contributed by atoms with Gasteiger partial charge in [0.15, 0.2) is 6.23 Å². The van der Waals surface area contributed by atoms with Gasteiger partial charge in [-0.1, -0.05) is 19.3 Å². The van der Waals surface area contributed by atoms with Gasteiger partial charge in [-0.05, 0) is 50.8 Å². The Morgan fingerprint density at radius 2 is 2.00 bits per heavy atom. The van der Waals surface area contributed by atoms with E-state index in [1.165, 1.54) is 13.3 Å². The van der Waals surface area contributed by atoms with Crippen LogP contribution in [0.5, 0.6) is 5.75 Å². The van der Waals surface area contributed by atoms with Crippen LogP contribution in [-0.4, -0.2) is 59.0 Å². The molecule has 9 nitrogen and oxygen atoms in total. The van der Waals surface area contributed by atoms with Gasteiger partial charge in [-0.15, -0.1) is 0 Å². The lowest BCUT2D eigenvalue weighted by molar-refractivity contribution is -0.165.